The van der Waals surface area contributed by atoms with E-state index in [0.717, 1.165) is 24.3 Å². The molecule has 1 N–H and O–H groups in total. The lowest BCUT2D eigenvalue weighted by atomic mass is 10.1. The molecule has 0 atom stereocenters. The predicted molar refractivity (Wildman–Crippen MR) is 137 cm³/mol. The molecule has 1 aliphatic heterocycles. The highest BCUT2D eigenvalue weighted by atomic mass is 16.5. The van der Waals surface area contributed by atoms with Crippen molar-refractivity contribution in [2.45, 2.75) is 26.2 Å². The van der Waals surface area contributed by atoms with Gasteiger partial charge in [0.2, 0.25) is 5.91 Å². The minimum absolute atomic E-state index is 0.0808. The monoisotopic (exact) mass is 472 g/mol. The maximum atomic E-state index is 13.3. The Kier molecular flexibility index (Phi) is 8.33. The second-order valence-corrected chi connectivity index (χ2v) is 8.49. The number of carbonyl (C=O) groups is 2. The summed E-state index contributed by atoms with van der Waals surface area (Å²) >= 11 is 0. The molecule has 7 nitrogen and oxygen atoms in total. The van der Waals surface area contributed by atoms with E-state index in [2.05, 4.69) is 22.4 Å². The van der Waals surface area contributed by atoms with Crippen LogP contribution < -0.4 is 10.1 Å². The van der Waals surface area contributed by atoms with Gasteiger partial charge in [-0.15, -0.1) is 0 Å². The van der Waals surface area contributed by atoms with Gasteiger partial charge in [0.25, 0.3) is 5.91 Å². The summed E-state index contributed by atoms with van der Waals surface area (Å²) in [5.41, 5.74) is 2.60. The van der Waals surface area contributed by atoms with Gasteiger partial charge in [0.05, 0.1) is 12.2 Å². The summed E-state index contributed by atoms with van der Waals surface area (Å²) in [5.74, 6) is 1.39. The van der Waals surface area contributed by atoms with Crippen LogP contribution in [0.15, 0.2) is 72.9 Å². The molecule has 2 aromatic carbocycles. The number of pyridine rings is 1. The Hall–Kier alpha value is -3.87. The zero-order valence-electron chi connectivity index (χ0n) is 20.2. The molecule has 0 unspecified atom stereocenters. The van der Waals surface area contributed by atoms with Crippen LogP contribution in [-0.2, 0) is 11.2 Å². The number of ether oxygens (including phenoxy) is 1. The standard InChI is InChI=1S/C28H32N4O3/c1-2-35-24-15-13-23(14-16-24)30-27-25(11-7-17-29-27)28(34)32-20-18-31(19-21-32)26(33)12-6-10-22-8-4-3-5-9-22/h3-5,7-9,11,13-17H,2,6,10,12,18-21H2,1H3,(H,29,30). The maximum absolute atomic E-state index is 13.3. The highest BCUT2D eigenvalue weighted by Crippen LogP contribution is 2.23. The zero-order chi connectivity index (χ0) is 24.5. The number of aryl methyl sites for hydroxylation is 1. The molecule has 0 bridgehead atoms. The van der Waals surface area contributed by atoms with E-state index < -0.39 is 0 Å². The number of hydrogen-bond donors (Lipinski definition) is 1. The van der Waals surface area contributed by atoms with Crippen molar-refractivity contribution in [3.8, 4) is 5.75 Å². The SMILES string of the molecule is CCOc1ccc(Nc2ncccc2C(=O)N2CCN(C(=O)CCCc3ccccc3)CC2)cc1. The molecule has 1 fully saturated rings. The van der Waals surface area contributed by atoms with Gasteiger partial charge in [-0.05, 0) is 61.7 Å². The van der Waals surface area contributed by atoms with Gasteiger partial charge < -0.3 is 19.9 Å². The van der Waals surface area contributed by atoms with Crippen molar-refractivity contribution >= 4 is 23.3 Å². The van der Waals surface area contributed by atoms with E-state index in [1.807, 2.05) is 54.3 Å². The summed E-state index contributed by atoms with van der Waals surface area (Å²) in [6.45, 7) is 4.69. The quantitative estimate of drug-likeness (QED) is 0.495. The number of amides is 2. The van der Waals surface area contributed by atoms with Gasteiger partial charge in [0.15, 0.2) is 0 Å². The Labute approximate surface area is 206 Å². The van der Waals surface area contributed by atoms with Crippen molar-refractivity contribution in [2.75, 3.05) is 38.1 Å². The lowest BCUT2D eigenvalue weighted by Crippen LogP contribution is -2.50. The fraction of sp³-hybridized carbons (Fsp3) is 0.321. The summed E-state index contributed by atoms with van der Waals surface area (Å²) in [6, 6.07) is 21.3. The molecule has 7 heteroatoms. The first-order chi connectivity index (χ1) is 17.1. The van der Waals surface area contributed by atoms with Crippen LogP contribution in [0.5, 0.6) is 5.75 Å². The lowest BCUT2D eigenvalue weighted by Gasteiger charge is -2.35. The molecule has 3 aromatic rings. The van der Waals surface area contributed by atoms with E-state index in [1.54, 1.807) is 23.2 Å². The molecular formula is C28H32N4O3. The van der Waals surface area contributed by atoms with E-state index in [9.17, 15) is 9.59 Å². The largest absolute Gasteiger partial charge is 0.494 e. The van der Waals surface area contributed by atoms with Crippen LogP contribution in [0.3, 0.4) is 0 Å². The average molecular weight is 473 g/mol. The fourth-order valence-corrected chi connectivity index (χ4v) is 4.19. The molecule has 0 aliphatic carbocycles. The first-order valence-electron chi connectivity index (χ1n) is 12.2. The maximum Gasteiger partial charge on any atom is 0.257 e. The molecular weight excluding hydrogens is 440 g/mol. The molecule has 0 spiro atoms. The van der Waals surface area contributed by atoms with E-state index in [1.165, 1.54) is 5.56 Å². The number of nitrogens with one attached hydrogen (secondary N) is 1. The van der Waals surface area contributed by atoms with Gasteiger partial charge in [-0.2, -0.15) is 0 Å². The summed E-state index contributed by atoms with van der Waals surface area (Å²) in [7, 11) is 0. The van der Waals surface area contributed by atoms with Gasteiger partial charge in [-0.3, -0.25) is 9.59 Å². The smallest absolute Gasteiger partial charge is 0.257 e. The normalized spacial score (nSPS) is 13.4. The summed E-state index contributed by atoms with van der Waals surface area (Å²) in [4.78, 5) is 34.0. The lowest BCUT2D eigenvalue weighted by molar-refractivity contribution is -0.132. The molecule has 2 amide bonds. The van der Waals surface area contributed by atoms with Crippen molar-refractivity contribution in [1.29, 1.82) is 0 Å². The second kappa shape index (κ2) is 12.0. The van der Waals surface area contributed by atoms with Crippen molar-refractivity contribution < 1.29 is 14.3 Å². The molecule has 0 radical (unpaired) electrons. The molecule has 2 heterocycles. The molecule has 35 heavy (non-hydrogen) atoms. The Balaban J connectivity index is 1.30. The molecule has 4 rings (SSSR count). The molecule has 1 aliphatic rings. The van der Waals surface area contributed by atoms with E-state index >= 15 is 0 Å². The number of hydrogen-bond acceptors (Lipinski definition) is 5. The predicted octanol–water partition coefficient (Wildman–Crippen LogP) is 4.53. The van der Waals surface area contributed by atoms with Crippen molar-refractivity contribution in [1.82, 2.24) is 14.8 Å². The van der Waals surface area contributed by atoms with Crippen LogP contribution in [0.2, 0.25) is 0 Å². The molecule has 0 saturated carbocycles. The third kappa shape index (κ3) is 6.59. The van der Waals surface area contributed by atoms with Gasteiger partial charge in [0.1, 0.15) is 11.6 Å². The van der Waals surface area contributed by atoms with E-state index in [-0.39, 0.29) is 11.8 Å². The number of anilines is 2. The van der Waals surface area contributed by atoms with Crippen molar-refractivity contribution in [3.63, 3.8) is 0 Å². The summed E-state index contributed by atoms with van der Waals surface area (Å²) < 4.78 is 5.49. The van der Waals surface area contributed by atoms with E-state index in [4.69, 9.17) is 4.74 Å². The van der Waals surface area contributed by atoms with E-state index in [0.29, 0.717) is 50.6 Å². The van der Waals surface area contributed by atoms with Gasteiger partial charge in [0, 0.05) is 44.5 Å². The number of carbonyl (C=O) groups excluding carboxylic acids is 2. The third-order valence-electron chi connectivity index (χ3n) is 6.08. The Bertz CT molecular complexity index is 1110. The van der Waals surface area contributed by atoms with Gasteiger partial charge in [-0.1, -0.05) is 30.3 Å². The topological polar surface area (TPSA) is 74.8 Å². The summed E-state index contributed by atoms with van der Waals surface area (Å²) in [6.07, 6.45) is 3.93. The van der Waals surface area contributed by atoms with Crippen molar-refractivity contribution in [2.24, 2.45) is 0 Å². The molecule has 1 saturated heterocycles. The minimum Gasteiger partial charge on any atom is -0.494 e. The second-order valence-electron chi connectivity index (χ2n) is 8.49. The fourth-order valence-electron chi connectivity index (χ4n) is 4.19. The Morgan fingerprint density at radius 1 is 0.914 bits per heavy atom. The van der Waals surface area contributed by atoms with Gasteiger partial charge >= 0.3 is 0 Å². The highest BCUT2D eigenvalue weighted by Gasteiger charge is 2.26. The number of aromatic nitrogens is 1. The number of nitrogens with zero attached hydrogens (tertiary/aromatic N) is 3. The summed E-state index contributed by atoms with van der Waals surface area (Å²) in [5, 5.41) is 3.25. The number of piperazine rings is 1. The van der Waals surface area contributed by atoms with Crippen LogP contribution in [0.1, 0.15) is 35.7 Å². The van der Waals surface area contributed by atoms with Crippen LogP contribution in [0, 0.1) is 0 Å². The van der Waals surface area contributed by atoms with Crippen molar-refractivity contribution in [3.05, 3.63) is 84.1 Å². The molecule has 1 aromatic heterocycles. The highest BCUT2D eigenvalue weighted by molar-refractivity contribution is 5.99. The third-order valence-corrected chi connectivity index (χ3v) is 6.08. The zero-order valence-corrected chi connectivity index (χ0v) is 20.2. The van der Waals surface area contributed by atoms with Crippen LogP contribution in [-0.4, -0.2) is 59.4 Å². The average Bonchev–Trinajstić information content (AvgIpc) is 2.90. The van der Waals surface area contributed by atoms with Crippen LogP contribution in [0.25, 0.3) is 0 Å². The first-order valence-corrected chi connectivity index (χ1v) is 12.2. The number of rotatable bonds is 9. The van der Waals surface area contributed by atoms with Crippen LogP contribution in [0.4, 0.5) is 11.5 Å². The van der Waals surface area contributed by atoms with Gasteiger partial charge in [-0.25, -0.2) is 4.98 Å². The first kappa shape index (κ1) is 24.3. The number of benzene rings is 2. The van der Waals surface area contributed by atoms with Crippen LogP contribution >= 0.6 is 0 Å². The Morgan fingerprint density at radius 3 is 2.34 bits per heavy atom. The Morgan fingerprint density at radius 2 is 1.63 bits per heavy atom. The molecule has 182 valence electrons. The minimum atomic E-state index is -0.0808.